The van der Waals surface area contributed by atoms with E-state index >= 15 is 0 Å². The summed E-state index contributed by atoms with van der Waals surface area (Å²) in [7, 11) is 0. The average Bonchev–Trinajstić information content (AvgIpc) is 3.37. The third kappa shape index (κ3) is 6.05. The molecule has 2 heterocycles. The molecule has 4 aromatic rings. The van der Waals surface area contributed by atoms with Gasteiger partial charge in [-0.25, -0.2) is 4.79 Å². The Morgan fingerprint density at radius 2 is 1.76 bits per heavy atom. The van der Waals surface area contributed by atoms with E-state index in [9.17, 15) is 19.5 Å². The maximum atomic E-state index is 14.2. The molecule has 2 saturated heterocycles. The lowest BCUT2D eigenvalue weighted by Gasteiger charge is -2.46. The minimum atomic E-state index is -0.835. The van der Waals surface area contributed by atoms with Crippen molar-refractivity contribution >= 4 is 34.3 Å². The Morgan fingerprint density at radius 3 is 2.53 bits per heavy atom. The highest BCUT2D eigenvalue weighted by atomic mass is 16.3. The van der Waals surface area contributed by atoms with Gasteiger partial charge < -0.3 is 26.0 Å². The number of piperazine rings is 1. The molecule has 45 heavy (non-hydrogen) atoms. The van der Waals surface area contributed by atoms with Gasteiger partial charge >= 0.3 is 6.03 Å². The van der Waals surface area contributed by atoms with Gasteiger partial charge in [0, 0.05) is 19.5 Å². The van der Waals surface area contributed by atoms with Crippen LogP contribution in [0.2, 0.25) is 0 Å². The number of amides is 4. The maximum absolute atomic E-state index is 14.2. The van der Waals surface area contributed by atoms with Gasteiger partial charge in [-0.2, -0.15) is 5.01 Å². The van der Waals surface area contributed by atoms with Crippen molar-refractivity contribution in [1.82, 2.24) is 25.1 Å². The van der Waals surface area contributed by atoms with Gasteiger partial charge in [0.1, 0.15) is 18.0 Å². The number of hydrazine groups is 1. The molecule has 230 valence electrons. The fourth-order valence-corrected chi connectivity index (χ4v) is 6.27. The summed E-state index contributed by atoms with van der Waals surface area (Å²) in [6.07, 6.45) is 1.23. The average molecular weight is 605 g/mol. The smallest absolute Gasteiger partial charge is 0.332 e. The molecule has 4 N–H and O–H groups in total. The van der Waals surface area contributed by atoms with Crippen LogP contribution in [0.4, 0.5) is 10.5 Å². The van der Waals surface area contributed by atoms with Crippen LogP contribution in [0.15, 0.2) is 104 Å². The lowest BCUT2D eigenvalue weighted by atomic mass is 9.98. The van der Waals surface area contributed by atoms with Crippen molar-refractivity contribution in [2.24, 2.45) is 0 Å². The number of rotatable bonds is 9. The monoisotopic (exact) mass is 604 g/mol. The van der Waals surface area contributed by atoms with Crippen LogP contribution in [0.1, 0.15) is 16.7 Å². The Kier molecular flexibility index (Phi) is 8.39. The first-order valence-electron chi connectivity index (χ1n) is 14.9. The maximum Gasteiger partial charge on any atom is 0.332 e. The number of phenolic OH excluding ortho intramolecular Hbond substituents is 1. The Balaban J connectivity index is 1.33. The van der Waals surface area contributed by atoms with Crippen LogP contribution in [-0.4, -0.2) is 74.6 Å². The molecule has 10 heteroatoms. The first-order valence-corrected chi connectivity index (χ1v) is 14.9. The van der Waals surface area contributed by atoms with E-state index in [4.69, 9.17) is 5.73 Å². The van der Waals surface area contributed by atoms with Gasteiger partial charge in [-0.15, -0.1) is 6.58 Å². The second-order valence-corrected chi connectivity index (χ2v) is 11.4. The predicted molar refractivity (Wildman–Crippen MR) is 172 cm³/mol. The Morgan fingerprint density at radius 1 is 1.00 bits per heavy atom. The van der Waals surface area contributed by atoms with Crippen LogP contribution in [0, 0.1) is 0 Å². The molecule has 4 aromatic carbocycles. The van der Waals surface area contributed by atoms with Crippen molar-refractivity contribution in [3.63, 3.8) is 0 Å². The molecule has 2 aliphatic rings. The molecule has 0 spiro atoms. The normalized spacial score (nSPS) is 18.2. The Bertz CT molecular complexity index is 1740. The van der Waals surface area contributed by atoms with Crippen molar-refractivity contribution < 1.29 is 19.5 Å². The number of urea groups is 1. The van der Waals surface area contributed by atoms with Gasteiger partial charge in [-0.1, -0.05) is 84.9 Å². The minimum Gasteiger partial charge on any atom is -0.506 e. The first kappa shape index (κ1) is 29.7. The summed E-state index contributed by atoms with van der Waals surface area (Å²) < 4.78 is 0. The number of nitrogens with zero attached hydrogens (tertiary/aromatic N) is 4. The number of phenols is 1. The number of fused-ring (bicyclic) bond motifs is 2. The molecule has 10 nitrogen and oxygen atoms in total. The van der Waals surface area contributed by atoms with Gasteiger partial charge in [0.2, 0.25) is 11.8 Å². The Labute approximate surface area is 261 Å². The zero-order valence-electron chi connectivity index (χ0n) is 24.9. The van der Waals surface area contributed by atoms with Gasteiger partial charge in [-0.05, 0) is 39.6 Å². The van der Waals surface area contributed by atoms with E-state index in [0.717, 1.165) is 21.9 Å². The topological polar surface area (TPSA) is 122 Å². The lowest BCUT2D eigenvalue weighted by molar-refractivity contribution is -0.157. The molecule has 4 amide bonds. The van der Waals surface area contributed by atoms with Gasteiger partial charge in [0.25, 0.3) is 0 Å². The fraction of sp³-hybridized carbons (Fsp3) is 0.229. The molecule has 2 aliphatic heterocycles. The van der Waals surface area contributed by atoms with Crippen molar-refractivity contribution in [3.8, 4) is 5.75 Å². The SMILES string of the molecule is C=CCN(C(=O)NCc1ccccc1)N1CC(=O)N2[C@@H](Cc3ccc(O)c(N)c3)C(=O)N(Cc3cccc4ccccc34)C[C@@H]21. The minimum absolute atomic E-state index is 0.0471. The molecule has 0 aromatic heterocycles. The highest BCUT2D eigenvalue weighted by molar-refractivity contribution is 5.92. The number of benzene rings is 4. The number of anilines is 1. The number of nitrogens with two attached hydrogens (primary N) is 1. The molecule has 0 radical (unpaired) electrons. The van der Waals surface area contributed by atoms with Crippen LogP contribution in [0.5, 0.6) is 5.75 Å². The summed E-state index contributed by atoms with van der Waals surface area (Å²) in [5.41, 5.74) is 8.82. The molecule has 0 aliphatic carbocycles. The highest BCUT2D eigenvalue weighted by Gasteiger charge is 2.52. The molecule has 2 fully saturated rings. The number of hydrogen-bond donors (Lipinski definition) is 3. The largest absolute Gasteiger partial charge is 0.506 e. The summed E-state index contributed by atoms with van der Waals surface area (Å²) in [6.45, 7) is 4.82. The second kappa shape index (κ2) is 12.7. The van der Waals surface area contributed by atoms with E-state index in [0.29, 0.717) is 18.7 Å². The zero-order chi connectivity index (χ0) is 31.5. The van der Waals surface area contributed by atoms with Crippen LogP contribution in [0.3, 0.4) is 0 Å². The summed E-state index contributed by atoms with van der Waals surface area (Å²) in [5.74, 6) is -0.487. The molecule has 2 atom stereocenters. The molecule has 6 rings (SSSR count). The van der Waals surface area contributed by atoms with Crippen LogP contribution < -0.4 is 11.1 Å². The third-order valence-corrected chi connectivity index (χ3v) is 8.46. The summed E-state index contributed by atoms with van der Waals surface area (Å²) in [4.78, 5) is 44.9. The first-order chi connectivity index (χ1) is 21.8. The highest BCUT2D eigenvalue weighted by Crippen LogP contribution is 2.32. The van der Waals surface area contributed by atoms with E-state index < -0.39 is 12.2 Å². The number of carbonyl (C=O) groups is 3. The predicted octanol–water partition coefficient (Wildman–Crippen LogP) is 3.86. The second-order valence-electron chi connectivity index (χ2n) is 11.4. The molecular weight excluding hydrogens is 568 g/mol. The number of hydrogen-bond acceptors (Lipinski definition) is 6. The van der Waals surface area contributed by atoms with Crippen molar-refractivity contribution in [2.75, 3.05) is 25.4 Å². The van der Waals surface area contributed by atoms with E-state index in [1.54, 1.807) is 33.0 Å². The summed E-state index contributed by atoms with van der Waals surface area (Å²) in [5, 5.41) is 18.3. The zero-order valence-corrected chi connectivity index (χ0v) is 24.9. The van der Waals surface area contributed by atoms with Crippen molar-refractivity contribution in [2.45, 2.75) is 31.7 Å². The van der Waals surface area contributed by atoms with E-state index in [2.05, 4.69) is 11.9 Å². The standard InChI is InChI=1S/C35H36N6O4/c1-2-17-39(35(45)37-20-24-9-4-3-5-10-24)40-23-33(43)41-30(19-25-15-16-31(42)29(36)18-25)34(44)38(22-32(40)41)21-27-13-8-12-26-11-6-7-14-28(26)27/h2-16,18,30,32,42H,1,17,19-23,36H2,(H,37,45)/t30-,32+/m0/s1. The summed E-state index contributed by atoms with van der Waals surface area (Å²) in [6, 6.07) is 27.3. The fourth-order valence-electron chi connectivity index (χ4n) is 6.27. The van der Waals surface area contributed by atoms with Gasteiger partial charge in [0.15, 0.2) is 0 Å². The van der Waals surface area contributed by atoms with Crippen LogP contribution in [-0.2, 0) is 29.1 Å². The van der Waals surface area contributed by atoms with Gasteiger partial charge in [-0.3, -0.25) is 14.6 Å². The molecule has 0 saturated carbocycles. The third-order valence-electron chi connectivity index (χ3n) is 8.46. The number of nitrogen functional groups attached to an aromatic ring is 1. The van der Waals surface area contributed by atoms with Gasteiger partial charge in [0.05, 0.1) is 25.3 Å². The Hall–Kier alpha value is -5.35. The van der Waals surface area contributed by atoms with Crippen molar-refractivity contribution in [3.05, 3.63) is 120 Å². The van der Waals surface area contributed by atoms with E-state index in [1.807, 2.05) is 72.8 Å². The number of carbonyl (C=O) groups excluding carboxylic acids is 3. The molecule has 0 bridgehead atoms. The number of aromatic hydroxyl groups is 1. The molecule has 0 unspecified atom stereocenters. The van der Waals surface area contributed by atoms with E-state index in [-0.39, 0.29) is 55.3 Å². The van der Waals surface area contributed by atoms with Crippen molar-refractivity contribution in [1.29, 1.82) is 0 Å². The van der Waals surface area contributed by atoms with E-state index in [1.165, 1.54) is 11.1 Å². The lowest BCUT2D eigenvalue weighted by Crippen LogP contribution is -2.66. The molecular formula is C35H36N6O4. The summed E-state index contributed by atoms with van der Waals surface area (Å²) >= 11 is 0. The van der Waals surface area contributed by atoms with Crippen LogP contribution >= 0.6 is 0 Å². The van der Waals surface area contributed by atoms with Crippen LogP contribution in [0.25, 0.3) is 10.8 Å². The number of nitrogens with one attached hydrogen (secondary N) is 1. The quantitative estimate of drug-likeness (QED) is 0.152.